The highest BCUT2D eigenvalue weighted by molar-refractivity contribution is 5.78. The lowest BCUT2D eigenvalue weighted by molar-refractivity contribution is -0.122. The minimum Gasteiger partial charge on any atom is -0.344 e. The highest BCUT2D eigenvalue weighted by Crippen LogP contribution is 2.16. The van der Waals surface area contributed by atoms with Crippen LogP contribution < -0.4 is 10.6 Å². The summed E-state index contributed by atoms with van der Waals surface area (Å²) in [6.45, 7) is 7.04. The summed E-state index contributed by atoms with van der Waals surface area (Å²) >= 11 is 0. The first-order valence-electron chi connectivity index (χ1n) is 6.81. The Morgan fingerprint density at radius 1 is 1.50 bits per heavy atom. The molecule has 4 nitrogen and oxygen atoms in total. The van der Waals surface area contributed by atoms with Crippen molar-refractivity contribution in [2.24, 2.45) is 0 Å². The van der Waals surface area contributed by atoms with E-state index in [2.05, 4.69) is 35.3 Å². The van der Waals surface area contributed by atoms with E-state index in [1.54, 1.807) is 0 Å². The second kappa shape index (κ2) is 8.12. The Morgan fingerprint density at radius 2 is 2.28 bits per heavy atom. The van der Waals surface area contributed by atoms with Crippen LogP contribution in [0.2, 0.25) is 0 Å². The molecule has 2 N–H and O–H groups in total. The van der Waals surface area contributed by atoms with Crippen LogP contribution in [0.15, 0.2) is 0 Å². The van der Waals surface area contributed by atoms with E-state index < -0.39 is 0 Å². The van der Waals surface area contributed by atoms with E-state index in [1.165, 1.54) is 19.3 Å². The molecule has 102 valence electrons. The molecule has 4 heteroatoms. The average molecular weight is 251 g/mol. The van der Waals surface area contributed by atoms with Gasteiger partial charge in [-0.1, -0.05) is 26.2 Å². The Kier molecular flexibility index (Phi) is 6.77. The number of hydrogen-bond donors (Lipinski definition) is 2. The first-order chi connectivity index (χ1) is 8.63. The number of rotatable bonds is 6. The molecule has 0 radical (unpaired) electrons. The summed E-state index contributed by atoms with van der Waals surface area (Å²) in [4.78, 5) is 14.0. The average Bonchev–Trinajstić information content (AvgIpc) is 2.35. The zero-order valence-corrected chi connectivity index (χ0v) is 11.5. The van der Waals surface area contributed by atoms with Crippen LogP contribution in [0.3, 0.4) is 0 Å². The van der Waals surface area contributed by atoms with Gasteiger partial charge in [-0.05, 0) is 19.4 Å². The van der Waals surface area contributed by atoms with Crippen molar-refractivity contribution in [1.82, 2.24) is 15.5 Å². The molecule has 0 spiro atoms. The fourth-order valence-electron chi connectivity index (χ4n) is 2.26. The minimum atomic E-state index is 0.0318. The molecule has 0 aromatic carbocycles. The van der Waals surface area contributed by atoms with Crippen molar-refractivity contribution in [2.75, 3.05) is 26.2 Å². The predicted molar refractivity (Wildman–Crippen MR) is 74.2 cm³/mol. The largest absolute Gasteiger partial charge is 0.344 e. The van der Waals surface area contributed by atoms with Gasteiger partial charge in [0.1, 0.15) is 0 Å². The molecule has 1 unspecified atom stereocenters. The van der Waals surface area contributed by atoms with E-state index in [9.17, 15) is 4.79 Å². The number of hydrogen-bond acceptors (Lipinski definition) is 3. The lowest BCUT2D eigenvalue weighted by Gasteiger charge is -2.35. The third-order valence-electron chi connectivity index (χ3n) is 3.25. The maximum Gasteiger partial charge on any atom is 0.234 e. The van der Waals surface area contributed by atoms with Gasteiger partial charge in [0.2, 0.25) is 5.91 Å². The van der Waals surface area contributed by atoms with Gasteiger partial charge in [0, 0.05) is 18.6 Å². The molecule has 1 aliphatic rings. The SMILES string of the molecule is C#CCNC(=O)CN1CCCCC1CNC(C)C. The van der Waals surface area contributed by atoms with Crippen LogP contribution >= 0.6 is 0 Å². The number of likely N-dealkylation sites (tertiary alicyclic amines) is 1. The van der Waals surface area contributed by atoms with Crippen LogP contribution in [0.4, 0.5) is 0 Å². The summed E-state index contributed by atoms with van der Waals surface area (Å²) < 4.78 is 0. The highest BCUT2D eigenvalue weighted by Gasteiger charge is 2.23. The lowest BCUT2D eigenvalue weighted by atomic mass is 10.0. The molecule has 18 heavy (non-hydrogen) atoms. The highest BCUT2D eigenvalue weighted by atomic mass is 16.2. The van der Waals surface area contributed by atoms with Gasteiger partial charge in [-0.3, -0.25) is 9.69 Å². The molecular weight excluding hydrogens is 226 g/mol. The van der Waals surface area contributed by atoms with Gasteiger partial charge in [-0.2, -0.15) is 0 Å². The molecule has 1 aliphatic heterocycles. The smallest absolute Gasteiger partial charge is 0.234 e. The molecular formula is C14H25N3O. The zero-order chi connectivity index (χ0) is 13.4. The normalized spacial score (nSPS) is 20.7. The lowest BCUT2D eigenvalue weighted by Crippen LogP contribution is -2.50. The molecule has 0 aliphatic carbocycles. The van der Waals surface area contributed by atoms with Crippen LogP contribution in [0.25, 0.3) is 0 Å². The van der Waals surface area contributed by atoms with Crippen molar-refractivity contribution >= 4 is 5.91 Å². The van der Waals surface area contributed by atoms with Gasteiger partial charge in [-0.25, -0.2) is 0 Å². The topological polar surface area (TPSA) is 44.4 Å². The van der Waals surface area contributed by atoms with E-state index >= 15 is 0 Å². The van der Waals surface area contributed by atoms with Gasteiger partial charge in [0.15, 0.2) is 0 Å². The third kappa shape index (κ3) is 5.52. The molecule has 0 saturated carbocycles. The molecule has 1 saturated heterocycles. The fraction of sp³-hybridized carbons (Fsp3) is 0.786. The van der Waals surface area contributed by atoms with E-state index in [4.69, 9.17) is 6.42 Å². The standard InChI is InChI=1S/C14H25N3O/c1-4-8-15-14(18)11-17-9-6-5-7-13(17)10-16-12(2)3/h1,12-13,16H,5-11H2,2-3H3,(H,15,18). The first-order valence-corrected chi connectivity index (χ1v) is 6.81. The van der Waals surface area contributed by atoms with Gasteiger partial charge in [0.05, 0.1) is 13.1 Å². The summed E-state index contributed by atoms with van der Waals surface area (Å²) in [7, 11) is 0. The Hall–Kier alpha value is -1.05. The summed E-state index contributed by atoms with van der Waals surface area (Å²) in [6.07, 6.45) is 8.74. The molecule has 0 aromatic rings. The molecule has 1 atom stereocenters. The number of piperidine rings is 1. The monoisotopic (exact) mass is 251 g/mol. The van der Waals surface area contributed by atoms with E-state index in [0.29, 0.717) is 25.2 Å². The Balaban J connectivity index is 2.39. The maximum absolute atomic E-state index is 11.7. The van der Waals surface area contributed by atoms with E-state index in [1.807, 2.05) is 0 Å². The molecule has 0 bridgehead atoms. The van der Waals surface area contributed by atoms with Gasteiger partial charge in [-0.15, -0.1) is 6.42 Å². The Morgan fingerprint density at radius 3 is 2.94 bits per heavy atom. The van der Waals surface area contributed by atoms with Gasteiger partial charge >= 0.3 is 0 Å². The predicted octanol–water partition coefficient (Wildman–Crippen LogP) is 0.588. The Bertz CT molecular complexity index is 296. The maximum atomic E-state index is 11.7. The van der Waals surface area contributed by atoms with Crippen LogP contribution in [0, 0.1) is 12.3 Å². The molecule has 1 amide bonds. The number of nitrogens with zero attached hydrogens (tertiary/aromatic N) is 1. The molecule has 1 fully saturated rings. The number of nitrogens with one attached hydrogen (secondary N) is 2. The van der Waals surface area contributed by atoms with Crippen molar-refractivity contribution in [3.05, 3.63) is 0 Å². The summed E-state index contributed by atoms with van der Waals surface area (Å²) in [5.74, 6) is 2.46. The minimum absolute atomic E-state index is 0.0318. The van der Waals surface area contributed by atoms with Crippen molar-refractivity contribution in [3.63, 3.8) is 0 Å². The van der Waals surface area contributed by atoms with Gasteiger partial charge < -0.3 is 10.6 Å². The van der Waals surface area contributed by atoms with Crippen molar-refractivity contribution in [1.29, 1.82) is 0 Å². The quantitative estimate of drug-likeness (QED) is 0.679. The van der Waals surface area contributed by atoms with Crippen molar-refractivity contribution < 1.29 is 4.79 Å². The third-order valence-corrected chi connectivity index (χ3v) is 3.25. The van der Waals surface area contributed by atoms with Gasteiger partial charge in [0.25, 0.3) is 0 Å². The molecule has 0 aromatic heterocycles. The number of carbonyl (C=O) groups excluding carboxylic acids is 1. The summed E-state index contributed by atoms with van der Waals surface area (Å²) in [5, 5.41) is 6.18. The summed E-state index contributed by atoms with van der Waals surface area (Å²) in [6, 6.07) is 0.960. The van der Waals surface area contributed by atoms with E-state index in [-0.39, 0.29) is 5.91 Å². The number of amides is 1. The van der Waals surface area contributed by atoms with Crippen LogP contribution in [-0.4, -0.2) is 49.1 Å². The Labute approximate surface area is 110 Å². The first kappa shape index (κ1) is 15.0. The number of carbonyl (C=O) groups is 1. The van der Waals surface area contributed by atoms with Crippen LogP contribution in [-0.2, 0) is 4.79 Å². The van der Waals surface area contributed by atoms with Crippen molar-refractivity contribution in [3.8, 4) is 12.3 Å². The summed E-state index contributed by atoms with van der Waals surface area (Å²) in [5.41, 5.74) is 0. The van der Waals surface area contributed by atoms with Crippen LogP contribution in [0.1, 0.15) is 33.1 Å². The second-order valence-corrected chi connectivity index (χ2v) is 5.16. The molecule has 1 heterocycles. The second-order valence-electron chi connectivity index (χ2n) is 5.16. The molecule has 1 rings (SSSR count). The van der Waals surface area contributed by atoms with E-state index in [0.717, 1.165) is 13.1 Å². The fourth-order valence-corrected chi connectivity index (χ4v) is 2.26. The zero-order valence-electron chi connectivity index (χ0n) is 11.5. The van der Waals surface area contributed by atoms with Crippen LogP contribution in [0.5, 0.6) is 0 Å². The van der Waals surface area contributed by atoms with Crippen molar-refractivity contribution in [2.45, 2.75) is 45.2 Å². The number of terminal acetylenes is 1.